The molecule has 339 valence electrons. The summed E-state index contributed by atoms with van der Waals surface area (Å²) in [5, 5.41) is 3.74. The summed E-state index contributed by atoms with van der Waals surface area (Å²) in [6, 6.07) is 39.2. The fraction of sp³-hybridized carbons (Fsp3) is 0.267. The van der Waals surface area contributed by atoms with Crippen molar-refractivity contribution in [2.24, 2.45) is 5.92 Å². The Morgan fingerprint density at radius 2 is 1.29 bits per heavy atom. The second-order valence-electron chi connectivity index (χ2n) is 19.4. The van der Waals surface area contributed by atoms with E-state index in [1.165, 1.54) is 55.3 Å². The van der Waals surface area contributed by atoms with Crippen LogP contribution in [-0.2, 0) is 20.1 Å². The Morgan fingerprint density at radius 1 is 0.615 bits per heavy atom. The van der Waals surface area contributed by atoms with Gasteiger partial charge in [-0.2, -0.15) is 37.1 Å². The van der Waals surface area contributed by atoms with E-state index >= 15 is 0 Å². The number of rotatable bonds is 10. The van der Waals surface area contributed by atoms with E-state index in [1.807, 2.05) is 4.57 Å². The number of aromatic nitrogens is 2. The first-order valence-corrected chi connectivity index (χ1v) is 26.6. The average molecular weight is 1050 g/mol. The van der Waals surface area contributed by atoms with Crippen LogP contribution in [0.3, 0.4) is 0 Å². The number of hydrogen-bond donors (Lipinski definition) is 0. The number of hydrogen-bond acceptors (Lipinski definition) is 1. The molecule has 1 atom stereocenters. The molecule has 0 amide bonds. The molecule has 1 radical (unpaired) electrons. The number of pyridine rings is 2. The van der Waals surface area contributed by atoms with Crippen molar-refractivity contribution in [1.82, 2.24) is 0 Å². The Kier molecular flexibility index (Phi) is 15.0. The normalized spacial score (nSPS) is 12.1. The van der Waals surface area contributed by atoms with Crippen LogP contribution in [0.4, 0.5) is 0 Å². The smallest absolute Gasteiger partial charge is 0.133 e. The summed E-state index contributed by atoms with van der Waals surface area (Å²) >= 11 is 0. The molecule has 3 heterocycles. The Hall–Kier alpha value is -5.45. The first kappa shape index (κ1) is 49.0. The largest absolute Gasteiger partial charge is 0.469 e. The van der Waals surface area contributed by atoms with E-state index in [0.29, 0.717) is 17.8 Å². The number of fused-ring (bicyclic) bond motifs is 3. The van der Waals surface area contributed by atoms with Crippen LogP contribution < -0.4 is 14.3 Å². The first-order valence-electron chi connectivity index (χ1n) is 23.1. The van der Waals surface area contributed by atoms with E-state index in [2.05, 4.69) is 229 Å². The number of nitrogens with zero attached hydrogens (tertiary/aromatic N) is 2. The molecule has 0 bridgehead atoms. The molecule has 0 aliphatic heterocycles. The molecule has 0 saturated heterocycles. The first-order chi connectivity index (χ1) is 30.4. The SMILES string of the molecule is [CH2-]c1cc(C)c(-c2ccccc2)cc1-c1cc(C(C)C(C)C)c([Si](C)(C)C)c[n+]1[CH2-].[CH2-]c1ccc2c(oc3ccc(-c4c(C)cccc4C)cc32)c1-c1cc(C(CC)CC)cc[n+]1[CH2-].[Ir]. The van der Waals surface area contributed by atoms with Gasteiger partial charge in [0.25, 0.3) is 0 Å². The zero-order valence-corrected chi connectivity index (χ0v) is 44.1. The van der Waals surface area contributed by atoms with E-state index in [9.17, 15) is 0 Å². The summed E-state index contributed by atoms with van der Waals surface area (Å²) in [5.41, 5.74) is 19.7. The van der Waals surface area contributed by atoms with E-state index < -0.39 is 8.07 Å². The summed E-state index contributed by atoms with van der Waals surface area (Å²) in [6.07, 6.45) is 6.58. The molecule has 3 aromatic heterocycles. The third-order valence-corrected chi connectivity index (χ3v) is 15.6. The van der Waals surface area contributed by atoms with Gasteiger partial charge in [-0.25, -0.2) is 0 Å². The number of aryl methyl sites for hydroxylation is 3. The van der Waals surface area contributed by atoms with Gasteiger partial charge >= 0.3 is 0 Å². The van der Waals surface area contributed by atoms with Gasteiger partial charge in [-0.05, 0) is 95.1 Å². The number of benzene rings is 5. The maximum absolute atomic E-state index is 6.50. The molecular formula is C60H68IrN2OSi-2. The zero-order chi connectivity index (χ0) is 46.2. The van der Waals surface area contributed by atoms with Crippen molar-refractivity contribution in [3.05, 3.63) is 188 Å². The van der Waals surface area contributed by atoms with E-state index in [4.69, 9.17) is 4.42 Å². The molecule has 5 heteroatoms. The fourth-order valence-electron chi connectivity index (χ4n) is 9.50. The number of furan rings is 1. The van der Waals surface area contributed by atoms with Gasteiger partial charge in [-0.3, -0.25) is 0 Å². The van der Waals surface area contributed by atoms with Crippen LogP contribution in [-0.4, -0.2) is 8.07 Å². The summed E-state index contributed by atoms with van der Waals surface area (Å²) < 4.78 is 10.5. The second-order valence-corrected chi connectivity index (χ2v) is 24.4. The van der Waals surface area contributed by atoms with Crippen LogP contribution in [0.15, 0.2) is 126 Å². The van der Waals surface area contributed by atoms with Gasteiger partial charge in [0.1, 0.15) is 5.58 Å². The predicted molar refractivity (Wildman–Crippen MR) is 276 cm³/mol. The molecule has 0 aliphatic carbocycles. The molecule has 0 spiro atoms. The van der Waals surface area contributed by atoms with E-state index in [-0.39, 0.29) is 20.1 Å². The summed E-state index contributed by atoms with van der Waals surface area (Å²) in [4.78, 5) is 0. The van der Waals surface area contributed by atoms with Crippen LogP contribution in [0.5, 0.6) is 0 Å². The predicted octanol–water partition coefficient (Wildman–Crippen LogP) is 15.3. The van der Waals surface area contributed by atoms with Crippen molar-refractivity contribution in [3.63, 3.8) is 0 Å². The molecule has 1 unspecified atom stereocenters. The van der Waals surface area contributed by atoms with Crippen molar-refractivity contribution in [3.8, 4) is 44.8 Å². The average Bonchev–Trinajstić information content (AvgIpc) is 3.62. The van der Waals surface area contributed by atoms with Gasteiger partial charge in [0.15, 0.2) is 0 Å². The standard InChI is InChI=1S/C32H32NO.C28H36NSi.Ir/c1-7-23(8-2)24-16-17-33(6)28(19-24)31-22(5)12-14-26-27-18-25(13-15-29(27)34-32(26)31)30-20(3)10-9-11-21(30)4;1-19(2)22(5)26-17-27(29(6)18-28(26)30(7,8)9)25-16-24(20(3)15-21(25)4)23-13-11-10-12-14-23;/h9-19,23H,5-8H2,1-4H3;10-19,22H,4,6H2,1-3,5,7-9H3;/q2*-1;. The Morgan fingerprint density at radius 3 is 1.92 bits per heavy atom. The monoisotopic (exact) mass is 1050 g/mol. The van der Waals surface area contributed by atoms with Gasteiger partial charge < -0.3 is 13.6 Å². The summed E-state index contributed by atoms with van der Waals surface area (Å²) in [5.74, 6) is 1.62. The van der Waals surface area contributed by atoms with Crippen molar-refractivity contribution in [2.45, 2.75) is 99.7 Å². The Balaban J connectivity index is 0.000000214. The minimum atomic E-state index is -1.50. The Bertz CT molecular complexity index is 2950. The molecular weight excluding hydrogens is 985 g/mol. The molecule has 65 heavy (non-hydrogen) atoms. The maximum Gasteiger partial charge on any atom is 0.133 e. The third kappa shape index (κ3) is 9.89. The van der Waals surface area contributed by atoms with Crippen LogP contribution in [0.2, 0.25) is 19.6 Å². The maximum atomic E-state index is 6.50. The van der Waals surface area contributed by atoms with Crippen molar-refractivity contribution < 1.29 is 33.7 Å². The second kappa shape index (κ2) is 20.0. The van der Waals surface area contributed by atoms with Crippen LogP contribution in [0.1, 0.15) is 98.2 Å². The topological polar surface area (TPSA) is 20.9 Å². The van der Waals surface area contributed by atoms with Crippen LogP contribution in [0, 0.1) is 54.6 Å². The zero-order valence-electron chi connectivity index (χ0n) is 40.7. The third-order valence-electron chi connectivity index (χ3n) is 13.6. The fourth-order valence-corrected chi connectivity index (χ4v) is 11.2. The van der Waals surface area contributed by atoms with Gasteiger partial charge in [-0.1, -0.05) is 156 Å². The molecule has 0 saturated carbocycles. The van der Waals surface area contributed by atoms with Crippen LogP contribution in [0.25, 0.3) is 66.7 Å². The van der Waals surface area contributed by atoms with Crippen molar-refractivity contribution >= 4 is 35.2 Å². The molecule has 5 aromatic carbocycles. The molecule has 0 aliphatic rings. The van der Waals surface area contributed by atoms with Crippen molar-refractivity contribution in [2.75, 3.05) is 0 Å². The van der Waals surface area contributed by atoms with Crippen molar-refractivity contribution in [1.29, 1.82) is 0 Å². The van der Waals surface area contributed by atoms with Crippen LogP contribution >= 0.6 is 0 Å². The minimum absolute atomic E-state index is 0. The van der Waals surface area contributed by atoms with Gasteiger partial charge in [0.05, 0.1) is 37.4 Å². The van der Waals surface area contributed by atoms with Gasteiger partial charge in [0.2, 0.25) is 0 Å². The summed E-state index contributed by atoms with van der Waals surface area (Å²) in [7, 11) is 7.16. The quantitative estimate of drug-likeness (QED) is 0.0760. The molecule has 8 rings (SSSR count). The van der Waals surface area contributed by atoms with Gasteiger partial charge in [0, 0.05) is 45.0 Å². The summed E-state index contributed by atoms with van der Waals surface area (Å²) in [6.45, 7) is 34.0. The molecule has 8 aromatic rings. The van der Waals surface area contributed by atoms with E-state index in [0.717, 1.165) is 68.4 Å². The molecule has 0 fully saturated rings. The van der Waals surface area contributed by atoms with Gasteiger partial charge in [-0.15, -0.1) is 17.7 Å². The van der Waals surface area contributed by atoms with E-state index in [1.54, 1.807) is 0 Å². The minimum Gasteiger partial charge on any atom is -0.469 e. The molecule has 0 N–H and O–H groups in total. The Labute approximate surface area is 405 Å². The molecule has 3 nitrogen and oxygen atoms in total.